The first kappa shape index (κ1) is 19.8. The molecule has 9 nitrogen and oxygen atoms in total. The second-order valence-electron chi connectivity index (χ2n) is 7.38. The van der Waals surface area contributed by atoms with Gasteiger partial charge in [-0.3, -0.25) is 14.5 Å². The van der Waals surface area contributed by atoms with E-state index in [1.807, 2.05) is 6.07 Å². The van der Waals surface area contributed by atoms with Gasteiger partial charge < -0.3 is 19.8 Å². The lowest BCUT2D eigenvalue weighted by Gasteiger charge is -2.32. The van der Waals surface area contributed by atoms with Crippen molar-refractivity contribution in [3.8, 4) is 5.75 Å². The average Bonchev–Trinajstić information content (AvgIpc) is 3.05. The number of nitrogens with zero attached hydrogens (tertiary/aromatic N) is 4. The van der Waals surface area contributed by atoms with Gasteiger partial charge in [0.15, 0.2) is 5.75 Å². The summed E-state index contributed by atoms with van der Waals surface area (Å²) in [5, 5.41) is 11.2. The Labute approximate surface area is 173 Å². The second kappa shape index (κ2) is 8.48. The Hall–Kier alpha value is -3.49. The number of likely N-dealkylation sites (tertiary alicyclic amines) is 1. The third kappa shape index (κ3) is 3.96. The summed E-state index contributed by atoms with van der Waals surface area (Å²) in [6.07, 6.45) is 3.06. The molecule has 9 heteroatoms. The van der Waals surface area contributed by atoms with Crippen LogP contribution in [0.1, 0.15) is 37.4 Å². The summed E-state index contributed by atoms with van der Waals surface area (Å²) < 4.78 is 5.84. The van der Waals surface area contributed by atoms with Crippen molar-refractivity contribution in [2.24, 2.45) is 0 Å². The van der Waals surface area contributed by atoms with Crippen LogP contribution in [0.5, 0.6) is 5.75 Å². The fourth-order valence-corrected chi connectivity index (χ4v) is 3.78. The van der Waals surface area contributed by atoms with Crippen LogP contribution in [0.3, 0.4) is 0 Å². The summed E-state index contributed by atoms with van der Waals surface area (Å²) in [5.74, 6) is -0.833. The van der Waals surface area contributed by atoms with E-state index in [-0.39, 0.29) is 24.0 Å². The predicted molar refractivity (Wildman–Crippen MR) is 108 cm³/mol. The SMILES string of the molecule is O=C(CN1C(=O)C(c2ccccc2)Oc2ccc([N+](=O)[O-])nc21)N1CCCCCC1. The number of rotatable bonds is 4. The molecule has 0 aliphatic carbocycles. The molecule has 2 aliphatic rings. The van der Waals surface area contributed by atoms with Gasteiger partial charge in [0.1, 0.15) is 6.54 Å². The van der Waals surface area contributed by atoms with E-state index in [0.717, 1.165) is 25.7 Å². The van der Waals surface area contributed by atoms with E-state index in [1.165, 1.54) is 17.0 Å². The molecule has 1 saturated heterocycles. The Morgan fingerprint density at radius 1 is 1.10 bits per heavy atom. The molecule has 0 bridgehead atoms. The van der Waals surface area contributed by atoms with Gasteiger partial charge in [0, 0.05) is 24.7 Å². The van der Waals surface area contributed by atoms with E-state index in [1.54, 1.807) is 29.2 Å². The van der Waals surface area contributed by atoms with Gasteiger partial charge in [-0.25, -0.2) is 0 Å². The lowest BCUT2D eigenvalue weighted by atomic mass is 10.1. The zero-order chi connectivity index (χ0) is 21.1. The summed E-state index contributed by atoms with van der Waals surface area (Å²) in [5.41, 5.74) is 0.638. The van der Waals surface area contributed by atoms with Crippen LogP contribution in [0.2, 0.25) is 0 Å². The minimum Gasteiger partial charge on any atom is -0.469 e. The molecule has 2 aliphatic heterocycles. The van der Waals surface area contributed by atoms with Gasteiger partial charge in [-0.15, -0.1) is 0 Å². The molecule has 1 atom stereocenters. The molecule has 4 rings (SSSR count). The molecule has 2 amide bonds. The van der Waals surface area contributed by atoms with E-state index in [2.05, 4.69) is 4.98 Å². The molecule has 0 N–H and O–H groups in total. The topological polar surface area (TPSA) is 106 Å². The van der Waals surface area contributed by atoms with Crippen molar-refractivity contribution in [2.45, 2.75) is 31.8 Å². The van der Waals surface area contributed by atoms with E-state index in [4.69, 9.17) is 4.74 Å². The Kier molecular flexibility index (Phi) is 5.60. The number of fused-ring (bicyclic) bond motifs is 1. The number of hydrogen-bond acceptors (Lipinski definition) is 6. The molecule has 0 saturated carbocycles. The first-order valence-corrected chi connectivity index (χ1v) is 10.0. The lowest BCUT2D eigenvalue weighted by molar-refractivity contribution is -0.389. The van der Waals surface area contributed by atoms with E-state index in [9.17, 15) is 19.7 Å². The Bertz CT molecular complexity index is 957. The fourth-order valence-electron chi connectivity index (χ4n) is 3.78. The highest BCUT2D eigenvalue weighted by Crippen LogP contribution is 2.38. The van der Waals surface area contributed by atoms with Gasteiger partial charge in [-0.1, -0.05) is 43.2 Å². The van der Waals surface area contributed by atoms with Gasteiger partial charge in [-0.05, 0) is 28.8 Å². The smallest absolute Gasteiger partial charge is 0.366 e. The fraction of sp³-hybridized carbons (Fsp3) is 0.381. The second-order valence-corrected chi connectivity index (χ2v) is 7.38. The number of benzene rings is 1. The van der Waals surface area contributed by atoms with Crippen LogP contribution >= 0.6 is 0 Å². The number of ether oxygens (including phenoxy) is 1. The molecule has 3 heterocycles. The predicted octanol–water partition coefficient (Wildman–Crippen LogP) is 2.86. The van der Waals surface area contributed by atoms with Crippen molar-refractivity contribution in [2.75, 3.05) is 24.5 Å². The number of carbonyl (C=O) groups is 2. The monoisotopic (exact) mass is 410 g/mol. The van der Waals surface area contributed by atoms with Crippen LogP contribution in [0, 0.1) is 10.1 Å². The Balaban J connectivity index is 1.68. The Morgan fingerprint density at radius 3 is 2.47 bits per heavy atom. The van der Waals surface area contributed by atoms with Crippen molar-refractivity contribution >= 4 is 23.5 Å². The quantitative estimate of drug-likeness (QED) is 0.567. The normalized spacial score (nSPS) is 18.9. The summed E-state index contributed by atoms with van der Waals surface area (Å²) in [6, 6.07) is 11.6. The lowest BCUT2D eigenvalue weighted by Crippen LogP contribution is -2.48. The molecule has 0 radical (unpaired) electrons. The maximum absolute atomic E-state index is 13.3. The van der Waals surface area contributed by atoms with E-state index >= 15 is 0 Å². The van der Waals surface area contributed by atoms with Crippen LogP contribution in [0.4, 0.5) is 11.6 Å². The summed E-state index contributed by atoms with van der Waals surface area (Å²) in [6.45, 7) is 1.07. The summed E-state index contributed by atoms with van der Waals surface area (Å²) >= 11 is 0. The molecule has 1 aromatic heterocycles. The molecule has 156 valence electrons. The third-order valence-electron chi connectivity index (χ3n) is 5.36. The van der Waals surface area contributed by atoms with Crippen molar-refractivity contribution < 1.29 is 19.2 Å². The van der Waals surface area contributed by atoms with Crippen molar-refractivity contribution in [3.05, 3.63) is 58.1 Å². The number of hydrogen-bond donors (Lipinski definition) is 0. The highest BCUT2D eigenvalue weighted by atomic mass is 16.6. The average molecular weight is 410 g/mol. The first-order valence-electron chi connectivity index (χ1n) is 10.0. The van der Waals surface area contributed by atoms with Crippen LogP contribution in [0.15, 0.2) is 42.5 Å². The molecule has 0 spiro atoms. The number of nitro groups is 1. The van der Waals surface area contributed by atoms with Crippen LogP contribution < -0.4 is 9.64 Å². The van der Waals surface area contributed by atoms with Gasteiger partial charge in [0.25, 0.3) is 11.7 Å². The van der Waals surface area contributed by atoms with Crippen LogP contribution in [-0.2, 0) is 9.59 Å². The largest absolute Gasteiger partial charge is 0.469 e. The third-order valence-corrected chi connectivity index (χ3v) is 5.36. The number of pyridine rings is 1. The van der Waals surface area contributed by atoms with E-state index < -0.39 is 22.8 Å². The standard InChI is InChI=1S/C21H22N4O5/c26-18(23-12-6-1-2-7-13-23)14-24-20-16(10-11-17(22-20)25(28)29)30-19(21(24)27)15-8-4-3-5-9-15/h3-5,8-11,19H,1-2,6-7,12-14H2. The highest BCUT2D eigenvalue weighted by molar-refractivity contribution is 6.03. The molecular formula is C21H22N4O5. The van der Waals surface area contributed by atoms with Crippen molar-refractivity contribution in [1.29, 1.82) is 0 Å². The minimum absolute atomic E-state index is 0.00422. The highest BCUT2D eigenvalue weighted by Gasteiger charge is 2.41. The molecular weight excluding hydrogens is 388 g/mol. The molecule has 1 aromatic carbocycles. The zero-order valence-corrected chi connectivity index (χ0v) is 16.4. The molecule has 1 fully saturated rings. The Morgan fingerprint density at radius 2 is 1.80 bits per heavy atom. The van der Waals surface area contributed by atoms with Gasteiger partial charge in [0.2, 0.25) is 12.0 Å². The number of amides is 2. The number of carbonyl (C=O) groups excluding carboxylic acids is 2. The molecule has 30 heavy (non-hydrogen) atoms. The van der Waals surface area contributed by atoms with Crippen LogP contribution in [-0.4, -0.2) is 46.3 Å². The van der Waals surface area contributed by atoms with Crippen molar-refractivity contribution in [1.82, 2.24) is 9.88 Å². The zero-order valence-electron chi connectivity index (χ0n) is 16.4. The summed E-state index contributed by atoms with van der Waals surface area (Å²) in [4.78, 5) is 43.8. The number of anilines is 1. The molecule has 1 unspecified atom stereocenters. The first-order chi connectivity index (χ1) is 14.5. The van der Waals surface area contributed by atoms with E-state index in [0.29, 0.717) is 18.7 Å². The van der Waals surface area contributed by atoms with Gasteiger partial charge in [-0.2, -0.15) is 0 Å². The van der Waals surface area contributed by atoms with Gasteiger partial charge >= 0.3 is 5.82 Å². The van der Waals surface area contributed by atoms with Crippen molar-refractivity contribution in [3.63, 3.8) is 0 Å². The maximum Gasteiger partial charge on any atom is 0.366 e. The minimum atomic E-state index is -0.945. The van der Waals surface area contributed by atoms with Crippen LogP contribution in [0.25, 0.3) is 0 Å². The van der Waals surface area contributed by atoms with Gasteiger partial charge in [0.05, 0.1) is 0 Å². The molecule has 2 aromatic rings. The summed E-state index contributed by atoms with van der Waals surface area (Å²) in [7, 11) is 0. The number of aromatic nitrogens is 1. The maximum atomic E-state index is 13.3.